The third-order valence-electron chi connectivity index (χ3n) is 7.14. The Kier molecular flexibility index (Phi) is 7.98. The molecule has 1 heterocycles. The standard InChI is InChI=1S/C27H28F7N3O2/c1-16(38)36-23-5-4-18(10-22(23)28)14-37-7-6-25(15-37,12-17-2-3-17)24(39)35-13-19-8-20(26(29,30)31)11-21(9-19)27(32,33)34/h4-5,8-11,17H,2-3,6-7,12-15H2,1H3,(H,35,39)(H,36,38). The minimum atomic E-state index is -4.97. The molecular weight excluding hydrogens is 531 g/mol. The molecule has 0 radical (unpaired) electrons. The molecule has 2 amide bonds. The Balaban J connectivity index is 1.47. The first-order valence-corrected chi connectivity index (χ1v) is 12.5. The van der Waals surface area contributed by atoms with Crippen LogP contribution in [0.4, 0.5) is 36.4 Å². The summed E-state index contributed by atoms with van der Waals surface area (Å²) in [7, 11) is 0. The van der Waals surface area contributed by atoms with Crippen molar-refractivity contribution in [2.75, 3.05) is 18.4 Å². The minimum Gasteiger partial charge on any atom is -0.352 e. The summed E-state index contributed by atoms with van der Waals surface area (Å²) in [4.78, 5) is 26.6. The van der Waals surface area contributed by atoms with Gasteiger partial charge in [0, 0.05) is 26.6 Å². The molecule has 0 aromatic heterocycles. The van der Waals surface area contributed by atoms with Crippen molar-refractivity contribution >= 4 is 17.5 Å². The van der Waals surface area contributed by atoms with Gasteiger partial charge < -0.3 is 10.6 Å². The SMILES string of the molecule is CC(=O)Nc1ccc(CN2CCC(CC3CC3)(C(=O)NCc3cc(C(F)(F)F)cc(C(F)(F)F)c3)C2)cc1F. The number of halogens is 7. The number of carbonyl (C=O) groups excluding carboxylic acids is 2. The van der Waals surface area contributed by atoms with Gasteiger partial charge in [-0.15, -0.1) is 0 Å². The van der Waals surface area contributed by atoms with Crippen LogP contribution < -0.4 is 10.6 Å². The van der Waals surface area contributed by atoms with Crippen molar-refractivity contribution < 1.29 is 40.3 Å². The predicted octanol–water partition coefficient (Wildman–Crippen LogP) is 6.13. The fourth-order valence-electron chi connectivity index (χ4n) is 5.11. The van der Waals surface area contributed by atoms with Crippen LogP contribution >= 0.6 is 0 Å². The number of rotatable bonds is 8. The molecule has 1 saturated carbocycles. The smallest absolute Gasteiger partial charge is 0.352 e. The molecule has 4 rings (SSSR count). The van der Waals surface area contributed by atoms with Crippen molar-refractivity contribution in [1.29, 1.82) is 0 Å². The van der Waals surface area contributed by atoms with Crippen LogP contribution in [-0.2, 0) is 35.0 Å². The van der Waals surface area contributed by atoms with Gasteiger partial charge in [0.05, 0.1) is 22.2 Å². The van der Waals surface area contributed by atoms with Gasteiger partial charge in [-0.2, -0.15) is 26.3 Å². The largest absolute Gasteiger partial charge is 0.416 e. The Morgan fingerprint density at radius 1 is 0.974 bits per heavy atom. The first-order chi connectivity index (χ1) is 18.1. The first kappa shape index (κ1) is 28.8. The van der Waals surface area contributed by atoms with E-state index in [0.717, 1.165) is 12.8 Å². The molecule has 39 heavy (non-hydrogen) atoms. The van der Waals surface area contributed by atoms with E-state index in [-0.39, 0.29) is 17.3 Å². The van der Waals surface area contributed by atoms with E-state index in [1.807, 2.05) is 4.90 Å². The Morgan fingerprint density at radius 3 is 2.15 bits per heavy atom. The number of nitrogens with zero attached hydrogens (tertiary/aromatic N) is 1. The molecule has 2 aromatic carbocycles. The summed E-state index contributed by atoms with van der Waals surface area (Å²) < 4.78 is 93.7. The molecule has 2 fully saturated rings. The van der Waals surface area contributed by atoms with Crippen molar-refractivity contribution in [1.82, 2.24) is 10.2 Å². The molecule has 12 heteroatoms. The Bertz CT molecular complexity index is 1210. The molecule has 1 aliphatic carbocycles. The topological polar surface area (TPSA) is 61.4 Å². The zero-order chi connectivity index (χ0) is 28.6. The van der Waals surface area contributed by atoms with Gasteiger partial charge in [-0.05, 0) is 66.8 Å². The fraction of sp³-hybridized carbons (Fsp3) is 0.481. The van der Waals surface area contributed by atoms with E-state index in [1.54, 1.807) is 6.07 Å². The number of amides is 2. The van der Waals surface area contributed by atoms with Gasteiger partial charge in [-0.3, -0.25) is 14.5 Å². The fourth-order valence-corrected chi connectivity index (χ4v) is 5.11. The number of alkyl halides is 6. The number of benzene rings is 2. The van der Waals surface area contributed by atoms with Crippen LogP contribution in [0.25, 0.3) is 0 Å². The maximum Gasteiger partial charge on any atom is 0.416 e. The lowest BCUT2D eigenvalue weighted by Crippen LogP contribution is -2.43. The molecule has 1 unspecified atom stereocenters. The molecule has 1 aliphatic heterocycles. The number of carbonyl (C=O) groups is 2. The zero-order valence-electron chi connectivity index (χ0n) is 21.1. The summed E-state index contributed by atoms with van der Waals surface area (Å²) >= 11 is 0. The zero-order valence-corrected chi connectivity index (χ0v) is 21.1. The van der Waals surface area contributed by atoms with E-state index in [4.69, 9.17) is 0 Å². The summed E-state index contributed by atoms with van der Waals surface area (Å²) in [6.07, 6.45) is -7.03. The van der Waals surface area contributed by atoms with Crippen LogP contribution in [0.15, 0.2) is 36.4 Å². The number of likely N-dealkylation sites (tertiary alicyclic amines) is 1. The van der Waals surface area contributed by atoms with Gasteiger partial charge in [0.25, 0.3) is 0 Å². The second-order valence-corrected chi connectivity index (χ2v) is 10.5. The van der Waals surface area contributed by atoms with Crippen LogP contribution in [0.1, 0.15) is 54.9 Å². The van der Waals surface area contributed by atoms with Crippen LogP contribution in [-0.4, -0.2) is 29.8 Å². The monoisotopic (exact) mass is 559 g/mol. The number of hydrogen-bond donors (Lipinski definition) is 2. The highest BCUT2D eigenvalue weighted by atomic mass is 19.4. The number of hydrogen-bond acceptors (Lipinski definition) is 3. The van der Waals surface area contributed by atoms with Crippen LogP contribution in [0.3, 0.4) is 0 Å². The predicted molar refractivity (Wildman–Crippen MR) is 129 cm³/mol. The van der Waals surface area contributed by atoms with Crippen molar-refractivity contribution in [3.63, 3.8) is 0 Å². The van der Waals surface area contributed by atoms with Gasteiger partial charge in [0.15, 0.2) is 0 Å². The molecule has 1 saturated heterocycles. The maximum absolute atomic E-state index is 14.4. The van der Waals surface area contributed by atoms with E-state index in [0.29, 0.717) is 56.1 Å². The van der Waals surface area contributed by atoms with Gasteiger partial charge in [0.2, 0.25) is 11.8 Å². The molecule has 0 bridgehead atoms. The molecule has 2 N–H and O–H groups in total. The van der Waals surface area contributed by atoms with Crippen molar-refractivity contribution in [2.24, 2.45) is 11.3 Å². The molecule has 0 spiro atoms. The second-order valence-electron chi connectivity index (χ2n) is 10.5. The maximum atomic E-state index is 14.4. The summed E-state index contributed by atoms with van der Waals surface area (Å²) in [5, 5.41) is 4.99. The summed E-state index contributed by atoms with van der Waals surface area (Å²) in [5.74, 6) is -1.09. The molecule has 2 aromatic rings. The summed E-state index contributed by atoms with van der Waals surface area (Å²) in [6, 6.07) is 5.71. The lowest BCUT2D eigenvalue weighted by molar-refractivity contribution is -0.143. The highest BCUT2D eigenvalue weighted by Gasteiger charge is 2.47. The van der Waals surface area contributed by atoms with E-state index < -0.39 is 53.1 Å². The van der Waals surface area contributed by atoms with Crippen LogP contribution in [0.5, 0.6) is 0 Å². The number of nitrogens with one attached hydrogen (secondary N) is 2. The van der Waals surface area contributed by atoms with E-state index in [1.165, 1.54) is 19.1 Å². The second kappa shape index (κ2) is 10.8. The number of anilines is 1. The van der Waals surface area contributed by atoms with Crippen molar-refractivity contribution in [3.8, 4) is 0 Å². The Morgan fingerprint density at radius 2 is 1.62 bits per heavy atom. The molecule has 2 aliphatic rings. The third kappa shape index (κ3) is 7.28. The van der Waals surface area contributed by atoms with Crippen molar-refractivity contribution in [3.05, 3.63) is 64.5 Å². The van der Waals surface area contributed by atoms with E-state index in [2.05, 4.69) is 10.6 Å². The average molecular weight is 560 g/mol. The highest BCUT2D eigenvalue weighted by molar-refractivity contribution is 5.88. The lowest BCUT2D eigenvalue weighted by atomic mass is 9.80. The minimum absolute atomic E-state index is 0.0541. The third-order valence-corrected chi connectivity index (χ3v) is 7.14. The summed E-state index contributed by atoms with van der Waals surface area (Å²) in [5.41, 5.74) is -3.33. The van der Waals surface area contributed by atoms with Crippen LogP contribution in [0.2, 0.25) is 0 Å². The van der Waals surface area contributed by atoms with E-state index >= 15 is 0 Å². The average Bonchev–Trinajstić information content (AvgIpc) is 3.55. The van der Waals surface area contributed by atoms with Gasteiger partial charge in [-0.25, -0.2) is 4.39 Å². The van der Waals surface area contributed by atoms with Gasteiger partial charge in [-0.1, -0.05) is 18.9 Å². The Labute approximate surface area is 220 Å². The molecule has 212 valence electrons. The van der Waals surface area contributed by atoms with Gasteiger partial charge >= 0.3 is 12.4 Å². The van der Waals surface area contributed by atoms with Gasteiger partial charge in [0.1, 0.15) is 5.82 Å². The van der Waals surface area contributed by atoms with Crippen LogP contribution in [0, 0.1) is 17.2 Å². The first-order valence-electron chi connectivity index (χ1n) is 12.5. The van der Waals surface area contributed by atoms with Crippen molar-refractivity contribution in [2.45, 2.75) is 58.0 Å². The normalized spacial score (nSPS) is 20.2. The Hall–Kier alpha value is -3.15. The molecule has 1 atom stereocenters. The quantitative estimate of drug-likeness (QED) is 0.383. The molecule has 5 nitrogen and oxygen atoms in total. The lowest BCUT2D eigenvalue weighted by Gasteiger charge is -2.29. The molecular formula is C27H28F7N3O2. The van der Waals surface area contributed by atoms with E-state index in [9.17, 15) is 40.3 Å². The summed E-state index contributed by atoms with van der Waals surface area (Å²) in [6.45, 7) is 1.95. The highest BCUT2D eigenvalue weighted by Crippen LogP contribution is 2.46.